The second kappa shape index (κ2) is 6.71. The van der Waals surface area contributed by atoms with Gasteiger partial charge in [-0.2, -0.15) is 0 Å². The first kappa shape index (κ1) is 16.0. The van der Waals surface area contributed by atoms with E-state index in [1.807, 2.05) is 17.5 Å². The molecule has 1 aliphatic rings. The third kappa shape index (κ3) is 3.38. The molecule has 1 saturated heterocycles. The molecule has 2 heterocycles. The lowest BCUT2D eigenvalue weighted by Crippen LogP contribution is -2.42. The molecule has 1 unspecified atom stereocenters. The van der Waals surface area contributed by atoms with Gasteiger partial charge in [-0.05, 0) is 47.0 Å². The Morgan fingerprint density at radius 3 is 2.86 bits per heavy atom. The van der Waals surface area contributed by atoms with Crippen molar-refractivity contribution in [2.24, 2.45) is 0 Å². The number of thiophene rings is 1. The fourth-order valence-electron chi connectivity index (χ4n) is 2.62. The average Bonchev–Trinajstić information content (AvgIpc) is 2.92. The molecule has 1 N–H and O–H groups in total. The van der Waals surface area contributed by atoms with Crippen molar-refractivity contribution in [2.75, 3.05) is 13.1 Å². The Labute approximate surface area is 146 Å². The number of β-amino-alcohol motifs (C(OH)–C–C–N with tert-alkyl or cyclic N) is 1. The zero-order valence-corrected chi connectivity index (χ0v) is 14.9. The molecule has 1 fully saturated rings. The number of carbonyl (C=O) groups excluding carboxylic acids is 1. The molecule has 0 radical (unpaired) electrons. The number of halogens is 2. The van der Waals surface area contributed by atoms with Crippen molar-refractivity contribution >= 4 is 44.8 Å². The van der Waals surface area contributed by atoms with Crippen LogP contribution in [0.1, 0.15) is 23.2 Å². The number of amides is 1. The highest BCUT2D eigenvalue weighted by atomic mass is 79.9. The lowest BCUT2D eigenvalue weighted by atomic mass is 10.1. The molecule has 22 heavy (non-hydrogen) atoms. The van der Waals surface area contributed by atoms with Crippen molar-refractivity contribution in [2.45, 2.75) is 18.9 Å². The standard InChI is InChI=1S/C16H15BrClNO2S/c17-11-7-15(22-9-11)13-4-3-10(6-14(13)18)16(21)19-5-1-2-12(20)8-19/h3-4,6-7,9,12,20H,1-2,5,8H2. The van der Waals surface area contributed by atoms with Gasteiger partial charge in [0.1, 0.15) is 0 Å². The van der Waals surface area contributed by atoms with Crippen molar-refractivity contribution in [3.8, 4) is 10.4 Å². The molecule has 1 atom stereocenters. The van der Waals surface area contributed by atoms with Gasteiger partial charge in [-0.1, -0.05) is 17.7 Å². The fourth-order valence-corrected chi connectivity index (χ4v) is 4.43. The van der Waals surface area contributed by atoms with Crippen molar-refractivity contribution in [3.05, 3.63) is 44.7 Å². The van der Waals surface area contributed by atoms with Crippen LogP contribution in [0.25, 0.3) is 10.4 Å². The predicted molar refractivity (Wildman–Crippen MR) is 93.6 cm³/mol. The highest BCUT2D eigenvalue weighted by Crippen LogP contribution is 2.35. The van der Waals surface area contributed by atoms with E-state index >= 15 is 0 Å². The van der Waals surface area contributed by atoms with E-state index < -0.39 is 6.10 Å². The van der Waals surface area contributed by atoms with Crippen LogP contribution in [0.2, 0.25) is 5.02 Å². The monoisotopic (exact) mass is 399 g/mol. The number of hydrogen-bond acceptors (Lipinski definition) is 3. The van der Waals surface area contributed by atoms with Crippen molar-refractivity contribution in [1.82, 2.24) is 4.90 Å². The second-order valence-electron chi connectivity index (χ2n) is 5.37. The van der Waals surface area contributed by atoms with Crippen LogP contribution in [-0.2, 0) is 0 Å². The Morgan fingerprint density at radius 2 is 2.23 bits per heavy atom. The topological polar surface area (TPSA) is 40.5 Å². The first-order chi connectivity index (χ1) is 10.5. The van der Waals surface area contributed by atoms with Gasteiger partial charge in [0.25, 0.3) is 5.91 Å². The predicted octanol–water partition coefficient (Wildman–Crippen LogP) is 4.43. The smallest absolute Gasteiger partial charge is 0.253 e. The first-order valence-electron chi connectivity index (χ1n) is 7.06. The van der Waals surface area contributed by atoms with E-state index in [0.717, 1.165) is 27.8 Å². The number of rotatable bonds is 2. The summed E-state index contributed by atoms with van der Waals surface area (Å²) >= 11 is 11.4. The summed E-state index contributed by atoms with van der Waals surface area (Å²) in [5.41, 5.74) is 1.49. The Kier molecular flexibility index (Phi) is 4.88. The van der Waals surface area contributed by atoms with Crippen LogP contribution >= 0.6 is 38.9 Å². The van der Waals surface area contributed by atoms with Gasteiger partial charge >= 0.3 is 0 Å². The Morgan fingerprint density at radius 1 is 1.41 bits per heavy atom. The molecule has 1 aliphatic heterocycles. The summed E-state index contributed by atoms with van der Waals surface area (Å²) in [6, 6.07) is 7.41. The lowest BCUT2D eigenvalue weighted by Gasteiger charge is -2.30. The summed E-state index contributed by atoms with van der Waals surface area (Å²) in [7, 11) is 0. The molecule has 1 amide bonds. The van der Waals surface area contributed by atoms with E-state index in [1.54, 1.807) is 28.4 Å². The number of aliphatic hydroxyl groups excluding tert-OH is 1. The zero-order chi connectivity index (χ0) is 15.7. The molecule has 3 rings (SSSR count). The molecule has 0 spiro atoms. The number of aliphatic hydroxyl groups is 1. The number of nitrogens with zero attached hydrogens (tertiary/aromatic N) is 1. The van der Waals surface area contributed by atoms with Gasteiger partial charge in [-0.25, -0.2) is 0 Å². The minimum atomic E-state index is -0.420. The van der Waals surface area contributed by atoms with Gasteiger partial charge in [0, 0.05) is 38.9 Å². The molecule has 0 aliphatic carbocycles. The summed E-state index contributed by atoms with van der Waals surface area (Å²) in [4.78, 5) is 15.3. The first-order valence-corrected chi connectivity index (χ1v) is 9.11. The van der Waals surface area contributed by atoms with E-state index in [1.165, 1.54) is 0 Å². The van der Waals surface area contributed by atoms with Gasteiger partial charge in [0.15, 0.2) is 0 Å². The number of piperidine rings is 1. The third-order valence-corrected chi connectivity index (χ3v) is 5.77. The normalized spacial score (nSPS) is 18.5. The Hall–Kier alpha value is -0.880. The highest BCUT2D eigenvalue weighted by Gasteiger charge is 2.23. The van der Waals surface area contributed by atoms with E-state index in [4.69, 9.17) is 11.6 Å². The van der Waals surface area contributed by atoms with Crippen LogP contribution in [0.3, 0.4) is 0 Å². The zero-order valence-electron chi connectivity index (χ0n) is 11.8. The van der Waals surface area contributed by atoms with Crippen LogP contribution in [0, 0.1) is 0 Å². The molecule has 6 heteroatoms. The van der Waals surface area contributed by atoms with Crippen molar-refractivity contribution in [3.63, 3.8) is 0 Å². The number of likely N-dealkylation sites (tertiary alicyclic amines) is 1. The molecule has 116 valence electrons. The summed E-state index contributed by atoms with van der Waals surface area (Å²) in [5.74, 6) is -0.0699. The summed E-state index contributed by atoms with van der Waals surface area (Å²) in [6.45, 7) is 1.09. The van der Waals surface area contributed by atoms with Crippen molar-refractivity contribution < 1.29 is 9.90 Å². The van der Waals surface area contributed by atoms with E-state index in [2.05, 4.69) is 15.9 Å². The van der Waals surface area contributed by atoms with E-state index in [9.17, 15) is 9.90 Å². The number of hydrogen-bond donors (Lipinski definition) is 1. The van der Waals surface area contributed by atoms with E-state index in [-0.39, 0.29) is 5.91 Å². The maximum atomic E-state index is 12.5. The van der Waals surface area contributed by atoms with Crippen LogP contribution < -0.4 is 0 Å². The van der Waals surface area contributed by atoms with Gasteiger partial charge in [0.05, 0.1) is 11.1 Å². The Balaban J connectivity index is 1.83. The minimum Gasteiger partial charge on any atom is -0.391 e. The second-order valence-corrected chi connectivity index (χ2v) is 7.61. The Bertz CT molecular complexity index is 703. The molecule has 0 bridgehead atoms. The van der Waals surface area contributed by atoms with Crippen LogP contribution in [0.5, 0.6) is 0 Å². The van der Waals surface area contributed by atoms with Gasteiger partial charge < -0.3 is 10.0 Å². The molecular formula is C16H15BrClNO2S. The van der Waals surface area contributed by atoms with Crippen molar-refractivity contribution in [1.29, 1.82) is 0 Å². The maximum Gasteiger partial charge on any atom is 0.253 e. The SMILES string of the molecule is O=C(c1ccc(-c2cc(Br)cs2)c(Cl)c1)N1CCCC(O)C1. The quantitative estimate of drug-likeness (QED) is 0.810. The average molecular weight is 401 g/mol. The fraction of sp³-hybridized carbons (Fsp3) is 0.312. The lowest BCUT2D eigenvalue weighted by molar-refractivity contribution is 0.0474. The molecule has 1 aromatic carbocycles. The minimum absolute atomic E-state index is 0.0699. The van der Waals surface area contributed by atoms with Gasteiger partial charge in [-0.3, -0.25) is 4.79 Å². The summed E-state index contributed by atoms with van der Waals surface area (Å²) in [6.07, 6.45) is 1.18. The molecule has 1 aromatic heterocycles. The van der Waals surface area contributed by atoms with E-state index in [0.29, 0.717) is 23.7 Å². The third-order valence-electron chi connectivity index (χ3n) is 3.73. The largest absolute Gasteiger partial charge is 0.391 e. The molecule has 3 nitrogen and oxygen atoms in total. The summed E-state index contributed by atoms with van der Waals surface area (Å²) < 4.78 is 1.02. The molecule has 2 aromatic rings. The number of benzene rings is 1. The van der Waals surface area contributed by atoms with Gasteiger partial charge in [-0.15, -0.1) is 11.3 Å². The maximum absolute atomic E-state index is 12.5. The van der Waals surface area contributed by atoms with Crippen LogP contribution in [-0.4, -0.2) is 35.1 Å². The summed E-state index contributed by atoms with van der Waals surface area (Å²) in [5, 5.41) is 12.3. The van der Waals surface area contributed by atoms with Crippen LogP contribution in [0.15, 0.2) is 34.1 Å². The molecule has 0 saturated carbocycles. The molecular weight excluding hydrogens is 386 g/mol. The van der Waals surface area contributed by atoms with Gasteiger partial charge in [0.2, 0.25) is 0 Å². The highest BCUT2D eigenvalue weighted by molar-refractivity contribution is 9.10. The number of carbonyl (C=O) groups is 1. The van der Waals surface area contributed by atoms with Crippen LogP contribution in [0.4, 0.5) is 0 Å².